The number of hydrogen-bond donors (Lipinski definition) is 1. The molecule has 0 aliphatic carbocycles. The molecule has 0 spiro atoms. The van der Waals surface area contributed by atoms with Crippen molar-refractivity contribution in [1.29, 1.82) is 0 Å². The number of anilines is 1. The van der Waals surface area contributed by atoms with Crippen LogP contribution in [0, 0.1) is 19.8 Å². The highest BCUT2D eigenvalue weighted by atomic mass is 16.1. The third-order valence-electron chi connectivity index (χ3n) is 4.61. The molecule has 1 amide bonds. The lowest BCUT2D eigenvalue weighted by Gasteiger charge is -2.32. The first kappa shape index (κ1) is 16.7. The lowest BCUT2D eigenvalue weighted by molar-refractivity contribution is -0.121. The number of hydrogen-bond acceptors (Lipinski definition) is 2. The molecule has 1 N–H and O–H groups in total. The van der Waals surface area contributed by atoms with Crippen molar-refractivity contribution in [2.75, 3.05) is 18.4 Å². The van der Waals surface area contributed by atoms with Crippen LogP contribution in [0.5, 0.6) is 0 Å². The zero-order valence-electron chi connectivity index (χ0n) is 14.6. The van der Waals surface area contributed by atoms with E-state index < -0.39 is 0 Å². The molecule has 126 valence electrons. The van der Waals surface area contributed by atoms with Crippen LogP contribution in [0.1, 0.15) is 29.5 Å². The van der Waals surface area contributed by atoms with Crippen LogP contribution < -0.4 is 5.32 Å². The Morgan fingerprint density at radius 1 is 1.12 bits per heavy atom. The van der Waals surface area contributed by atoms with Crippen molar-refractivity contribution in [3.63, 3.8) is 0 Å². The summed E-state index contributed by atoms with van der Waals surface area (Å²) < 4.78 is 0. The summed E-state index contributed by atoms with van der Waals surface area (Å²) in [6.45, 7) is 6.96. The van der Waals surface area contributed by atoms with Gasteiger partial charge in [-0.3, -0.25) is 9.69 Å². The van der Waals surface area contributed by atoms with Crippen molar-refractivity contribution in [1.82, 2.24) is 4.90 Å². The maximum absolute atomic E-state index is 12.7. The lowest BCUT2D eigenvalue weighted by Crippen LogP contribution is -2.40. The summed E-state index contributed by atoms with van der Waals surface area (Å²) in [5.74, 6) is 0.223. The van der Waals surface area contributed by atoms with Crippen LogP contribution in [0.25, 0.3) is 0 Å². The Balaban J connectivity index is 1.60. The number of nitrogens with one attached hydrogen (secondary N) is 1. The highest BCUT2D eigenvalue weighted by molar-refractivity contribution is 5.92. The van der Waals surface area contributed by atoms with Gasteiger partial charge in [0.15, 0.2) is 0 Å². The zero-order valence-corrected chi connectivity index (χ0v) is 14.6. The number of carbonyl (C=O) groups excluding carboxylic acids is 1. The van der Waals surface area contributed by atoms with E-state index in [1.807, 2.05) is 18.2 Å². The van der Waals surface area contributed by atoms with Crippen molar-refractivity contribution in [2.24, 2.45) is 5.92 Å². The Morgan fingerprint density at radius 3 is 2.54 bits per heavy atom. The van der Waals surface area contributed by atoms with Gasteiger partial charge in [-0.1, -0.05) is 36.4 Å². The summed E-state index contributed by atoms with van der Waals surface area (Å²) in [5.41, 5.74) is 4.59. The van der Waals surface area contributed by atoms with Crippen LogP contribution in [-0.2, 0) is 11.3 Å². The highest BCUT2D eigenvalue weighted by Gasteiger charge is 2.25. The van der Waals surface area contributed by atoms with E-state index in [1.165, 1.54) is 16.7 Å². The molecular weight excluding hydrogens is 296 g/mol. The molecule has 1 saturated heterocycles. The van der Waals surface area contributed by atoms with Crippen LogP contribution in [-0.4, -0.2) is 23.9 Å². The summed E-state index contributed by atoms with van der Waals surface area (Å²) in [6, 6.07) is 16.7. The van der Waals surface area contributed by atoms with Crippen molar-refractivity contribution in [3.05, 3.63) is 65.2 Å². The minimum atomic E-state index is 0.0725. The first-order chi connectivity index (χ1) is 11.6. The number of nitrogens with zero attached hydrogens (tertiary/aromatic N) is 1. The van der Waals surface area contributed by atoms with E-state index in [9.17, 15) is 4.79 Å². The van der Waals surface area contributed by atoms with Crippen molar-refractivity contribution >= 4 is 11.6 Å². The molecule has 0 bridgehead atoms. The third kappa shape index (κ3) is 4.45. The van der Waals surface area contributed by atoms with Gasteiger partial charge in [-0.2, -0.15) is 0 Å². The number of piperidine rings is 1. The molecule has 1 aliphatic rings. The minimum absolute atomic E-state index is 0.0725. The number of likely N-dealkylation sites (tertiary alicyclic amines) is 1. The van der Waals surface area contributed by atoms with Gasteiger partial charge in [0.25, 0.3) is 0 Å². The normalized spacial score (nSPS) is 18.3. The molecule has 24 heavy (non-hydrogen) atoms. The summed E-state index contributed by atoms with van der Waals surface area (Å²) in [7, 11) is 0. The number of amides is 1. The second-order valence-corrected chi connectivity index (χ2v) is 6.93. The fourth-order valence-electron chi connectivity index (χ4n) is 3.55. The fourth-order valence-corrected chi connectivity index (χ4v) is 3.55. The number of benzene rings is 2. The van der Waals surface area contributed by atoms with Gasteiger partial charge in [0, 0.05) is 18.8 Å². The predicted octanol–water partition coefficient (Wildman–Crippen LogP) is 4.15. The molecule has 3 nitrogen and oxygen atoms in total. The molecular formula is C21H26N2O. The van der Waals surface area contributed by atoms with Gasteiger partial charge >= 0.3 is 0 Å². The van der Waals surface area contributed by atoms with Crippen LogP contribution in [0.4, 0.5) is 5.69 Å². The topological polar surface area (TPSA) is 32.3 Å². The molecule has 0 aromatic heterocycles. The van der Waals surface area contributed by atoms with Gasteiger partial charge in [-0.25, -0.2) is 0 Å². The molecule has 2 aromatic carbocycles. The first-order valence-corrected chi connectivity index (χ1v) is 8.75. The number of rotatable bonds is 4. The predicted molar refractivity (Wildman–Crippen MR) is 99.0 cm³/mol. The monoisotopic (exact) mass is 322 g/mol. The Hall–Kier alpha value is -2.13. The van der Waals surface area contributed by atoms with Gasteiger partial charge in [0.1, 0.15) is 0 Å². The average Bonchev–Trinajstić information content (AvgIpc) is 2.55. The Bertz CT molecular complexity index is 676. The van der Waals surface area contributed by atoms with Gasteiger partial charge in [0.05, 0.1) is 5.92 Å². The first-order valence-electron chi connectivity index (χ1n) is 8.75. The lowest BCUT2D eigenvalue weighted by atomic mass is 9.96. The number of aryl methyl sites for hydroxylation is 2. The quantitative estimate of drug-likeness (QED) is 0.917. The van der Waals surface area contributed by atoms with Crippen molar-refractivity contribution < 1.29 is 4.79 Å². The minimum Gasteiger partial charge on any atom is -0.326 e. The molecule has 1 atom stereocenters. The molecule has 3 rings (SSSR count). The van der Waals surface area contributed by atoms with E-state index in [4.69, 9.17) is 0 Å². The molecule has 1 heterocycles. The van der Waals surface area contributed by atoms with Gasteiger partial charge in [0.2, 0.25) is 5.91 Å². The second-order valence-electron chi connectivity index (χ2n) is 6.93. The number of carbonyl (C=O) groups is 1. The van der Waals surface area contributed by atoms with Crippen LogP contribution in [0.2, 0.25) is 0 Å². The third-order valence-corrected chi connectivity index (χ3v) is 4.61. The molecule has 1 aliphatic heterocycles. The SMILES string of the molecule is Cc1cc(C)cc(NC(=O)[C@@H]2CCCN(Cc3ccccc3)C2)c1. The van der Waals surface area contributed by atoms with E-state index >= 15 is 0 Å². The molecule has 1 fully saturated rings. The van der Waals surface area contributed by atoms with E-state index in [1.54, 1.807) is 0 Å². The molecule has 2 aromatic rings. The van der Waals surface area contributed by atoms with E-state index in [2.05, 4.69) is 54.4 Å². The highest BCUT2D eigenvalue weighted by Crippen LogP contribution is 2.21. The van der Waals surface area contributed by atoms with Crippen molar-refractivity contribution in [3.8, 4) is 0 Å². The average molecular weight is 322 g/mol. The Morgan fingerprint density at radius 2 is 1.83 bits per heavy atom. The summed E-state index contributed by atoms with van der Waals surface area (Å²) in [5, 5.41) is 3.11. The summed E-state index contributed by atoms with van der Waals surface area (Å²) in [4.78, 5) is 15.0. The molecule has 0 radical (unpaired) electrons. The van der Waals surface area contributed by atoms with E-state index in [-0.39, 0.29) is 11.8 Å². The smallest absolute Gasteiger partial charge is 0.228 e. The molecule has 0 unspecified atom stereocenters. The maximum Gasteiger partial charge on any atom is 0.228 e. The summed E-state index contributed by atoms with van der Waals surface area (Å²) >= 11 is 0. The van der Waals surface area contributed by atoms with E-state index in [0.717, 1.165) is 38.2 Å². The standard InChI is InChI=1S/C21H26N2O/c1-16-11-17(2)13-20(12-16)22-21(24)19-9-6-10-23(15-19)14-18-7-4-3-5-8-18/h3-5,7-8,11-13,19H,6,9-10,14-15H2,1-2H3,(H,22,24)/t19-/m1/s1. The molecule has 3 heteroatoms. The molecule has 0 saturated carbocycles. The van der Waals surface area contributed by atoms with Gasteiger partial charge in [-0.15, -0.1) is 0 Å². The Kier molecular flexibility index (Phi) is 5.31. The van der Waals surface area contributed by atoms with E-state index in [0.29, 0.717) is 0 Å². The maximum atomic E-state index is 12.7. The van der Waals surface area contributed by atoms with Gasteiger partial charge < -0.3 is 5.32 Å². The van der Waals surface area contributed by atoms with Crippen LogP contribution in [0.15, 0.2) is 48.5 Å². The zero-order chi connectivity index (χ0) is 16.9. The van der Waals surface area contributed by atoms with Gasteiger partial charge in [-0.05, 0) is 62.1 Å². The van der Waals surface area contributed by atoms with Crippen LogP contribution >= 0.6 is 0 Å². The Labute approximate surface area is 144 Å². The second kappa shape index (κ2) is 7.63. The van der Waals surface area contributed by atoms with Crippen molar-refractivity contribution in [2.45, 2.75) is 33.2 Å². The van der Waals surface area contributed by atoms with Crippen LogP contribution in [0.3, 0.4) is 0 Å². The largest absolute Gasteiger partial charge is 0.326 e. The summed E-state index contributed by atoms with van der Waals surface area (Å²) in [6.07, 6.45) is 2.06. The fraction of sp³-hybridized carbons (Fsp3) is 0.381.